The lowest BCUT2D eigenvalue weighted by Crippen LogP contribution is -2.51. The fourth-order valence-electron chi connectivity index (χ4n) is 5.48. The first kappa shape index (κ1) is 44.4. The maximum Gasteiger partial charge on any atom is 0.326 e. The number of esters is 4. The number of amides is 1. The van der Waals surface area contributed by atoms with Crippen LogP contribution in [0.25, 0.3) is 0 Å². The van der Waals surface area contributed by atoms with Crippen molar-refractivity contribution < 1.29 is 42.9 Å². The van der Waals surface area contributed by atoms with E-state index in [0.29, 0.717) is 52.4 Å². The number of rotatable bonds is 11. The Hall–Kier alpha value is -2.81. The van der Waals surface area contributed by atoms with Crippen LogP contribution in [0.5, 0.6) is 0 Å². The van der Waals surface area contributed by atoms with Gasteiger partial charge in [0.25, 0.3) is 0 Å². The summed E-state index contributed by atoms with van der Waals surface area (Å²) in [5, 5.41) is 0. The molecule has 0 radical (unpaired) electrons. The number of hydrogen-bond donors (Lipinski definition) is 0. The van der Waals surface area contributed by atoms with Gasteiger partial charge < -0.3 is 23.8 Å². The molecule has 0 aromatic carbocycles. The summed E-state index contributed by atoms with van der Waals surface area (Å²) in [5.41, 5.74) is -2.60. The number of ether oxygens (including phenoxy) is 4. The molecule has 0 N–H and O–H groups in total. The second kappa shape index (κ2) is 18.8. The van der Waals surface area contributed by atoms with E-state index in [-0.39, 0.29) is 62.6 Å². The summed E-state index contributed by atoms with van der Waals surface area (Å²) in [6.07, 6.45) is 1.67. The molecule has 2 aliphatic rings. The molecular formula is C37H67N5O9. The van der Waals surface area contributed by atoms with Gasteiger partial charge in [-0.15, -0.1) is 0 Å². The zero-order chi connectivity index (χ0) is 38.8. The fourth-order valence-corrected chi connectivity index (χ4v) is 5.48. The molecule has 0 aromatic heterocycles. The lowest BCUT2D eigenvalue weighted by atomic mass is 10.2. The van der Waals surface area contributed by atoms with Crippen LogP contribution in [0.2, 0.25) is 0 Å². The summed E-state index contributed by atoms with van der Waals surface area (Å²) in [4.78, 5) is 75.0. The van der Waals surface area contributed by atoms with Gasteiger partial charge in [-0.1, -0.05) is 0 Å². The first-order chi connectivity index (χ1) is 23.3. The Labute approximate surface area is 306 Å². The summed E-state index contributed by atoms with van der Waals surface area (Å²) >= 11 is 0. The highest BCUT2D eigenvalue weighted by molar-refractivity contribution is 5.84. The molecule has 1 heterocycles. The molecule has 0 spiro atoms. The molecule has 1 amide bonds. The molecule has 0 unspecified atom stereocenters. The number of hydrogen-bond acceptors (Lipinski definition) is 13. The first-order valence-electron chi connectivity index (χ1n) is 18.3. The second-order valence-corrected chi connectivity index (χ2v) is 17.7. The van der Waals surface area contributed by atoms with E-state index in [1.807, 2.05) is 81.9 Å². The van der Waals surface area contributed by atoms with Gasteiger partial charge in [0.05, 0.1) is 26.2 Å². The molecule has 2 rings (SSSR count). The Morgan fingerprint density at radius 2 is 0.706 bits per heavy atom. The number of nitrogens with zero attached hydrogens (tertiary/aromatic N) is 5. The maximum absolute atomic E-state index is 13.8. The van der Waals surface area contributed by atoms with Gasteiger partial charge in [0.15, 0.2) is 0 Å². The Morgan fingerprint density at radius 3 is 0.961 bits per heavy atom. The van der Waals surface area contributed by atoms with Crippen LogP contribution in [0.15, 0.2) is 0 Å². The smallest absolute Gasteiger partial charge is 0.326 e. The quantitative estimate of drug-likeness (QED) is 0.228. The van der Waals surface area contributed by atoms with E-state index < -0.39 is 28.4 Å². The third kappa shape index (κ3) is 20.7. The standard InChI is InChI=1S/C37H67N5O9/c1-34(2,3)48-30(44)24-39-17-15-38(23-29(43)42(28-13-14-28)27-33(47)51-37(10,11)12)16-18-40(25-31(45)49-35(4,5)6)20-22-41(21-19-39)26-32(46)50-36(7,8)9/h28H,13-27H2,1-12H3. The zero-order valence-corrected chi connectivity index (χ0v) is 33.6. The monoisotopic (exact) mass is 725 g/mol. The molecule has 2 fully saturated rings. The first-order valence-corrected chi connectivity index (χ1v) is 18.3. The van der Waals surface area contributed by atoms with Crippen molar-refractivity contribution in [1.82, 2.24) is 24.5 Å². The van der Waals surface area contributed by atoms with Crippen LogP contribution in [0.3, 0.4) is 0 Å². The Morgan fingerprint density at radius 1 is 0.451 bits per heavy atom. The molecule has 14 heteroatoms. The molecule has 1 aliphatic carbocycles. The van der Waals surface area contributed by atoms with E-state index in [4.69, 9.17) is 18.9 Å². The van der Waals surface area contributed by atoms with Crippen molar-refractivity contribution >= 4 is 29.8 Å². The molecule has 0 aromatic rings. The molecule has 1 saturated heterocycles. The maximum atomic E-state index is 13.8. The second-order valence-electron chi connectivity index (χ2n) is 17.7. The van der Waals surface area contributed by atoms with Crippen molar-refractivity contribution in [2.24, 2.45) is 0 Å². The minimum absolute atomic E-state index is 0.000698. The summed E-state index contributed by atoms with van der Waals surface area (Å²) in [6, 6.07) is 0.000698. The zero-order valence-electron chi connectivity index (χ0n) is 33.6. The summed E-state index contributed by atoms with van der Waals surface area (Å²) in [6.45, 7) is 25.4. The van der Waals surface area contributed by atoms with Gasteiger partial charge in [-0.05, 0) is 95.9 Å². The van der Waals surface area contributed by atoms with Crippen LogP contribution in [0, 0.1) is 0 Å². The Kier molecular flexibility index (Phi) is 16.3. The average molecular weight is 726 g/mol. The molecule has 0 bridgehead atoms. The summed E-state index contributed by atoms with van der Waals surface area (Å²) in [5.74, 6) is -1.70. The van der Waals surface area contributed by atoms with E-state index >= 15 is 0 Å². The van der Waals surface area contributed by atoms with Gasteiger partial charge in [0.1, 0.15) is 28.9 Å². The highest BCUT2D eigenvalue weighted by Crippen LogP contribution is 2.27. The van der Waals surface area contributed by atoms with E-state index in [1.54, 1.807) is 25.7 Å². The molecule has 1 aliphatic heterocycles. The predicted molar refractivity (Wildman–Crippen MR) is 194 cm³/mol. The fraction of sp³-hybridized carbons (Fsp3) is 0.865. The minimum Gasteiger partial charge on any atom is -0.459 e. The van der Waals surface area contributed by atoms with Gasteiger partial charge >= 0.3 is 23.9 Å². The average Bonchev–Trinajstić information content (AvgIpc) is 3.74. The lowest BCUT2D eigenvalue weighted by molar-refractivity contribution is -0.159. The van der Waals surface area contributed by atoms with E-state index in [2.05, 4.69) is 0 Å². The van der Waals surface area contributed by atoms with Crippen molar-refractivity contribution in [2.75, 3.05) is 85.1 Å². The SMILES string of the molecule is CC(C)(C)OC(=O)CN1CCN(CC(=O)OC(C)(C)C)CCN(CC(=O)N(CC(=O)OC(C)(C)C)C2CC2)CCN(CC(=O)OC(C)(C)C)CC1. The van der Waals surface area contributed by atoms with Gasteiger partial charge in [-0.3, -0.25) is 43.6 Å². The van der Waals surface area contributed by atoms with Crippen molar-refractivity contribution in [3.05, 3.63) is 0 Å². The van der Waals surface area contributed by atoms with Crippen LogP contribution >= 0.6 is 0 Å². The molecular weight excluding hydrogens is 658 g/mol. The normalized spacial score (nSPS) is 18.6. The molecule has 0 atom stereocenters. The predicted octanol–water partition coefficient (Wildman–Crippen LogP) is 2.57. The van der Waals surface area contributed by atoms with E-state index in [0.717, 1.165) is 12.8 Å². The molecule has 1 saturated carbocycles. The molecule has 14 nitrogen and oxygen atoms in total. The lowest BCUT2D eigenvalue weighted by Gasteiger charge is -2.35. The van der Waals surface area contributed by atoms with Gasteiger partial charge in [-0.25, -0.2) is 0 Å². The largest absolute Gasteiger partial charge is 0.459 e. The van der Waals surface area contributed by atoms with Gasteiger partial charge in [0, 0.05) is 58.4 Å². The van der Waals surface area contributed by atoms with Crippen molar-refractivity contribution in [1.29, 1.82) is 0 Å². The van der Waals surface area contributed by atoms with Crippen LogP contribution < -0.4 is 0 Å². The molecule has 294 valence electrons. The van der Waals surface area contributed by atoms with Crippen molar-refractivity contribution in [3.63, 3.8) is 0 Å². The topological polar surface area (TPSA) is 138 Å². The van der Waals surface area contributed by atoms with Crippen LogP contribution in [-0.4, -0.2) is 168 Å². The van der Waals surface area contributed by atoms with Crippen molar-refractivity contribution in [3.8, 4) is 0 Å². The highest BCUT2D eigenvalue weighted by atomic mass is 16.6. The van der Waals surface area contributed by atoms with E-state index in [9.17, 15) is 24.0 Å². The summed E-state index contributed by atoms with van der Waals surface area (Å²) < 4.78 is 22.4. The van der Waals surface area contributed by atoms with Crippen LogP contribution in [0.1, 0.15) is 95.9 Å². The van der Waals surface area contributed by atoms with Crippen LogP contribution in [-0.2, 0) is 42.9 Å². The van der Waals surface area contributed by atoms with Gasteiger partial charge in [0.2, 0.25) is 5.91 Å². The summed E-state index contributed by atoms with van der Waals surface area (Å²) in [7, 11) is 0. The third-order valence-electron chi connectivity index (χ3n) is 7.63. The van der Waals surface area contributed by atoms with Crippen LogP contribution in [0.4, 0.5) is 0 Å². The van der Waals surface area contributed by atoms with E-state index in [1.165, 1.54) is 0 Å². The highest BCUT2D eigenvalue weighted by Gasteiger charge is 2.36. The minimum atomic E-state index is -0.663. The van der Waals surface area contributed by atoms with Crippen molar-refractivity contribution in [2.45, 2.75) is 124 Å². The van der Waals surface area contributed by atoms with Gasteiger partial charge in [-0.2, -0.15) is 0 Å². The number of carbonyl (C=O) groups is 5. The number of carbonyl (C=O) groups excluding carboxylic acids is 5. The Balaban J connectivity index is 2.33. The third-order valence-corrected chi connectivity index (χ3v) is 7.63. The molecule has 51 heavy (non-hydrogen) atoms. The Bertz CT molecular complexity index is 1130.